The fourth-order valence-electron chi connectivity index (χ4n) is 2.56. The summed E-state index contributed by atoms with van der Waals surface area (Å²) in [6, 6.07) is 2.12. The van der Waals surface area contributed by atoms with E-state index in [0.717, 1.165) is 24.2 Å². The second kappa shape index (κ2) is 8.89. The lowest BCUT2D eigenvalue weighted by Crippen LogP contribution is -2.33. The Balaban J connectivity index is 1.89. The van der Waals surface area contributed by atoms with Gasteiger partial charge in [0.05, 0.1) is 11.4 Å². The monoisotopic (exact) mass is 365 g/mol. The Bertz CT molecular complexity index is 709. The maximum atomic E-state index is 12.1. The number of nitrogen functional groups attached to an aromatic ring is 1. The highest BCUT2D eigenvalue weighted by Gasteiger charge is 2.16. The SMILES string of the molecule is CCCCC[C@H](C)NC(=O)CSc1nnc(-n2nc(C)cc2C)n1N. The molecule has 0 fully saturated rings. The number of thioether (sulfide) groups is 1. The Morgan fingerprint density at radius 1 is 1.36 bits per heavy atom. The van der Waals surface area contributed by atoms with Crippen LogP contribution in [0.3, 0.4) is 0 Å². The molecule has 0 bridgehead atoms. The summed E-state index contributed by atoms with van der Waals surface area (Å²) in [4.78, 5) is 12.1. The molecule has 0 spiro atoms. The van der Waals surface area contributed by atoms with E-state index < -0.39 is 0 Å². The number of hydrogen-bond donors (Lipinski definition) is 2. The van der Waals surface area contributed by atoms with Crippen molar-refractivity contribution in [2.75, 3.05) is 11.6 Å². The number of carbonyl (C=O) groups excluding carboxylic acids is 1. The van der Waals surface area contributed by atoms with Gasteiger partial charge in [-0.15, -0.1) is 10.2 Å². The van der Waals surface area contributed by atoms with Gasteiger partial charge in [0.1, 0.15) is 0 Å². The van der Waals surface area contributed by atoms with Crippen LogP contribution in [-0.4, -0.2) is 42.4 Å². The van der Waals surface area contributed by atoms with Crippen molar-refractivity contribution in [3.05, 3.63) is 17.5 Å². The second-order valence-electron chi connectivity index (χ2n) is 6.24. The molecule has 25 heavy (non-hydrogen) atoms. The van der Waals surface area contributed by atoms with Crippen LogP contribution in [-0.2, 0) is 4.79 Å². The number of unbranched alkanes of at least 4 members (excludes halogenated alkanes) is 2. The Morgan fingerprint density at radius 2 is 2.12 bits per heavy atom. The lowest BCUT2D eigenvalue weighted by Gasteiger charge is -2.13. The normalized spacial score (nSPS) is 12.3. The van der Waals surface area contributed by atoms with Crippen LogP contribution in [0.15, 0.2) is 11.2 Å². The van der Waals surface area contributed by atoms with E-state index >= 15 is 0 Å². The van der Waals surface area contributed by atoms with Crippen molar-refractivity contribution in [2.24, 2.45) is 0 Å². The van der Waals surface area contributed by atoms with Crippen molar-refractivity contribution in [3.63, 3.8) is 0 Å². The zero-order chi connectivity index (χ0) is 18.4. The van der Waals surface area contributed by atoms with Gasteiger partial charge < -0.3 is 11.2 Å². The molecule has 2 heterocycles. The van der Waals surface area contributed by atoms with Crippen molar-refractivity contribution >= 4 is 17.7 Å². The Kier molecular flexibility index (Phi) is 6.86. The molecule has 0 unspecified atom stereocenters. The van der Waals surface area contributed by atoms with Crippen LogP contribution in [0.2, 0.25) is 0 Å². The minimum Gasteiger partial charge on any atom is -0.353 e. The van der Waals surface area contributed by atoms with E-state index in [9.17, 15) is 4.79 Å². The van der Waals surface area contributed by atoms with Crippen molar-refractivity contribution in [3.8, 4) is 5.95 Å². The average Bonchev–Trinajstić information content (AvgIpc) is 3.07. The summed E-state index contributed by atoms with van der Waals surface area (Å²) >= 11 is 1.26. The van der Waals surface area contributed by atoms with Crippen LogP contribution in [0.4, 0.5) is 0 Å². The van der Waals surface area contributed by atoms with Gasteiger partial charge in [-0.2, -0.15) is 5.10 Å². The maximum Gasteiger partial charge on any atom is 0.271 e. The molecule has 138 valence electrons. The van der Waals surface area contributed by atoms with E-state index in [2.05, 4.69) is 27.5 Å². The van der Waals surface area contributed by atoms with Crippen molar-refractivity contribution in [1.29, 1.82) is 0 Å². The second-order valence-corrected chi connectivity index (χ2v) is 7.19. The third-order valence-electron chi connectivity index (χ3n) is 3.83. The van der Waals surface area contributed by atoms with Gasteiger partial charge >= 0.3 is 0 Å². The fraction of sp³-hybridized carbons (Fsp3) is 0.625. The van der Waals surface area contributed by atoms with E-state index in [0.29, 0.717) is 11.1 Å². The van der Waals surface area contributed by atoms with Crippen LogP contribution >= 0.6 is 11.8 Å². The van der Waals surface area contributed by atoms with Crippen LogP contribution in [0.5, 0.6) is 0 Å². The van der Waals surface area contributed by atoms with E-state index in [1.165, 1.54) is 29.3 Å². The van der Waals surface area contributed by atoms with Crippen molar-refractivity contribution in [1.82, 2.24) is 30.0 Å². The van der Waals surface area contributed by atoms with Crippen LogP contribution in [0.1, 0.15) is 50.9 Å². The molecule has 9 heteroatoms. The number of aryl methyl sites for hydroxylation is 2. The van der Waals surface area contributed by atoms with E-state index in [1.807, 2.05) is 26.8 Å². The first kappa shape index (κ1) is 19.3. The minimum atomic E-state index is -0.0235. The molecule has 0 radical (unpaired) electrons. The summed E-state index contributed by atoms with van der Waals surface area (Å²) in [7, 11) is 0. The standard InChI is InChI=1S/C16H27N7OS/c1-5-6-7-8-11(2)18-14(24)10-25-16-20-19-15(22(16)17)23-13(4)9-12(3)21-23/h9,11H,5-8,10,17H2,1-4H3,(H,18,24)/t11-/m0/s1. The molecule has 2 aromatic rings. The number of nitrogens with two attached hydrogens (primary N) is 1. The predicted molar refractivity (Wildman–Crippen MR) is 99.2 cm³/mol. The van der Waals surface area contributed by atoms with Crippen LogP contribution in [0, 0.1) is 13.8 Å². The van der Waals surface area contributed by atoms with Gasteiger partial charge in [-0.3, -0.25) is 4.79 Å². The summed E-state index contributed by atoms with van der Waals surface area (Å²) < 4.78 is 3.00. The summed E-state index contributed by atoms with van der Waals surface area (Å²) in [5.41, 5.74) is 1.80. The summed E-state index contributed by atoms with van der Waals surface area (Å²) in [5, 5.41) is 16.0. The molecule has 8 nitrogen and oxygen atoms in total. The van der Waals surface area contributed by atoms with E-state index in [-0.39, 0.29) is 17.7 Å². The van der Waals surface area contributed by atoms with Crippen molar-refractivity contribution in [2.45, 2.75) is 64.6 Å². The molecule has 0 aliphatic carbocycles. The van der Waals surface area contributed by atoms with Crippen molar-refractivity contribution < 1.29 is 4.79 Å². The number of carbonyl (C=O) groups is 1. The number of aromatic nitrogens is 5. The molecule has 0 saturated heterocycles. The molecule has 1 atom stereocenters. The van der Waals surface area contributed by atoms with Gasteiger partial charge in [0.25, 0.3) is 5.95 Å². The molecule has 0 saturated carbocycles. The van der Waals surface area contributed by atoms with Gasteiger partial charge in [-0.1, -0.05) is 37.9 Å². The number of nitrogens with one attached hydrogen (secondary N) is 1. The molecule has 2 rings (SSSR count). The molecule has 0 aromatic carbocycles. The zero-order valence-electron chi connectivity index (χ0n) is 15.3. The van der Waals surface area contributed by atoms with E-state index in [4.69, 9.17) is 5.84 Å². The lowest BCUT2D eigenvalue weighted by molar-refractivity contribution is -0.119. The smallest absolute Gasteiger partial charge is 0.271 e. The zero-order valence-corrected chi connectivity index (χ0v) is 16.1. The highest BCUT2D eigenvalue weighted by Crippen LogP contribution is 2.17. The van der Waals surface area contributed by atoms with E-state index in [1.54, 1.807) is 4.68 Å². The average molecular weight is 366 g/mol. The first-order chi connectivity index (χ1) is 11.9. The van der Waals surface area contributed by atoms with Gasteiger partial charge in [-0.05, 0) is 33.3 Å². The van der Waals surface area contributed by atoms with Gasteiger partial charge in [0.15, 0.2) is 0 Å². The van der Waals surface area contributed by atoms with Gasteiger partial charge in [-0.25, -0.2) is 9.36 Å². The summed E-state index contributed by atoms with van der Waals surface area (Å²) in [6.45, 7) is 8.03. The fourth-order valence-corrected chi connectivity index (χ4v) is 3.23. The maximum absolute atomic E-state index is 12.1. The number of rotatable bonds is 9. The molecule has 0 aliphatic rings. The number of amides is 1. The molecule has 1 amide bonds. The molecule has 0 aliphatic heterocycles. The largest absolute Gasteiger partial charge is 0.353 e. The molecule has 3 N–H and O–H groups in total. The number of nitrogens with zero attached hydrogens (tertiary/aromatic N) is 5. The Labute approximate surface area is 152 Å². The van der Waals surface area contributed by atoms with Gasteiger partial charge in [0.2, 0.25) is 11.1 Å². The lowest BCUT2D eigenvalue weighted by atomic mass is 10.1. The Hall–Kier alpha value is -2.03. The topological polar surface area (TPSA) is 104 Å². The highest BCUT2D eigenvalue weighted by atomic mass is 32.2. The summed E-state index contributed by atoms with van der Waals surface area (Å²) in [5.74, 6) is 6.72. The third kappa shape index (κ3) is 5.22. The van der Waals surface area contributed by atoms with Gasteiger partial charge in [0, 0.05) is 11.7 Å². The quantitative estimate of drug-likeness (QED) is 0.400. The highest BCUT2D eigenvalue weighted by molar-refractivity contribution is 7.99. The predicted octanol–water partition coefficient (Wildman–Crippen LogP) is 1.97. The first-order valence-corrected chi connectivity index (χ1v) is 9.57. The van der Waals surface area contributed by atoms with Crippen LogP contribution in [0.25, 0.3) is 5.95 Å². The molecular weight excluding hydrogens is 338 g/mol. The van der Waals surface area contributed by atoms with Crippen LogP contribution < -0.4 is 11.2 Å². The third-order valence-corrected chi connectivity index (χ3v) is 4.77. The summed E-state index contributed by atoms with van der Waals surface area (Å²) in [6.07, 6.45) is 4.51. The minimum absolute atomic E-state index is 0.0235. The number of hydrogen-bond acceptors (Lipinski definition) is 6. The Morgan fingerprint density at radius 3 is 2.76 bits per heavy atom. The first-order valence-electron chi connectivity index (χ1n) is 8.58. The molecule has 2 aromatic heterocycles. The molecular formula is C16H27N7OS.